The van der Waals surface area contributed by atoms with Crippen molar-refractivity contribution in [3.8, 4) is 0 Å². The third kappa shape index (κ3) is 3.44. The minimum Gasteiger partial charge on any atom is -0.0587 e. The van der Waals surface area contributed by atoms with Crippen LogP contribution < -0.4 is 0 Å². The van der Waals surface area contributed by atoms with Crippen molar-refractivity contribution in [2.24, 2.45) is 17.8 Å². The van der Waals surface area contributed by atoms with Crippen molar-refractivity contribution in [2.45, 2.75) is 84.0 Å². The molecule has 3 aliphatic rings. The van der Waals surface area contributed by atoms with E-state index in [0.717, 1.165) is 17.8 Å². The molecule has 0 heteroatoms. The molecule has 150 valence electrons. The lowest BCUT2D eigenvalue weighted by Gasteiger charge is -2.51. The van der Waals surface area contributed by atoms with Crippen LogP contribution in [0.5, 0.6) is 0 Å². The fourth-order valence-electron chi connectivity index (χ4n) is 6.11. The van der Waals surface area contributed by atoms with Crippen LogP contribution in [-0.2, 0) is 5.41 Å². The van der Waals surface area contributed by atoms with Crippen molar-refractivity contribution in [3.05, 3.63) is 70.8 Å². The van der Waals surface area contributed by atoms with E-state index in [2.05, 4.69) is 83.1 Å². The van der Waals surface area contributed by atoms with E-state index >= 15 is 0 Å². The molecule has 1 atom stereocenters. The van der Waals surface area contributed by atoms with E-state index in [4.69, 9.17) is 0 Å². The largest absolute Gasteiger partial charge is 0.0587 e. The van der Waals surface area contributed by atoms with E-state index in [-0.39, 0.29) is 5.41 Å². The predicted octanol–water partition coefficient (Wildman–Crippen LogP) is 8.07. The second-order valence-electron chi connectivity index (χ2n) is 10.4. The summed E-state index contributed by atoms with van der Waals surface area (Å²) in [5.74, 6) is 3.81. The van der Waals surface area contributed by atoms with Gasteiger partial charge in [0.15, 0.2) is 0 Å². The van der Waals surface area contributed by atoms with Gasteiger partial charge in [-0.15, -0.1) is 0 Å². The van der Waals surface area contributed by atoms with Crippen molar-refractivity contribution in [1.82, 2.24) is 0 Å². The van der Waals surface area contributed by atoms with Gasteiger partial charge in [-0.1, -0.05) is 96.0 Å². The maximum atomic E-state index is 2.55. The van der Waals surface area contributed by atoms with Gasteiger partial charge in [0, 0.05) is 5.41 Å². The first-order valence-corrected chi connectivity index (χ1v) is 11.6. The third-order valence-corrected chi connectivity index (χ3v) is 8.14. The Labute approximate surface area is 172 Å². The van der Waals surface area contributed by atoms with Gasteiger partial charge in [-0.2, -0.15) is 0 Å². The molecule has 0 aromatic heterocycles. The van der Waals surface area contributed by atoms with E-state index in [0.29, 0.717) is 11.8 Å². The average Bonchev–Trinajstić information content (AvgIpc) is 2.74. The molecule has 2 aromatic carbocycles. The highest BCUT2D eigenvalue weighted by atomic mass is 14.5. The molecule has 0 saturated heterocycles. The molecule has 0 spiro atoms. The molecule has 0 amide bonds. The summed E-state index contributed by atoms with van der Waals surface area (Å²) in [4.78, 5) is 0. The number of rotatable bonds is 5. The molecule has 1 unspecified atom stereocenters. The maximum absolute atomic E-state index is 2.55. The summed E-state index contributed by atoms with van der Waals surface area (Å²) in [6.45, 7) is 11.7. The third-order valence-electron chi connectivity index (χ3n) is 8.14. The number of hydrogen-bond donors (Lipinski definition) is 0. The van der Waals surface area contributed by atoms with Crippen LogP contribution >= 0.6 is 0 Å². The molecular weight excluding hydrogens is 336 g/mol. The molecule has 0 radical (unpaired) electrons. The van der Waals surface area contributed by atoms with Crippen molar-refractivity contribution in [3.63, 3.8) is 0 Å². The molecule has 3 aliphatic carbocycles. The van der Waals surface area contributed by atoms with Crippen LogP contribution in [0.2, 0.25) is 0 Å². The molecule has 5 rings (SSSR count). The Kier molecular flexibility index (Phi) is 5.43. The van der Waals surface area contributed by atoms with E-state index in [1.165, 1.54) is 54.4 Å². The first kappa shape index (κ1) is 19.7. The van der Waals surface area contributed by atoms with Crippen molar-refractivity contribution >= 4 is 0 Å². The Balaban J connectivity index is 1.78. The maximum Gasteiger partial charge on any atom is 0.0205 e. The lowest BCUT2D eigenvalue weighted by atomic mass is 9.53. The van der Waals surface area contributed by atoms with Gasteiger partial charge in [-0.05, 0) is 71.1 Å². The van der Waals surface area contributed by atoms with E-state index in [9.17, 15) is 0 Å². The van der Waals surface area contributed by atoms with Gasteiger partial charge in [-0.3, -0.25) is 0 Å². The lowest BCUT2D eigenvalue weighted by Crippen LogP contribution is -2.44. The molecule has 28 heavy (non-hydrogen) atoms. The first-order valence-electron chi connectivity index (χ1n) is 11.6. The van der Waals surface area contributed by atoms with Gasteiger partial charge in [0.1, 0.15) is 0 Å². The van der Waals surface area contributed by atoms with Gasteiger partial charge in [0.05, 0.1) is 0 Å². The van der Waals surface area contributed by atoms with Crippen LogP contribution in [0.3, 0.4) is 0 Å². The summed E-state index contributed by atoms with van der Waals surface area (Å²) in [7, 11) is 0. The summed E-state index contributed by atoms with van der Waals surface area (Å²) >= 11 is 0. The summed E-state index contributed by atoms with van der Waals surface area (Å²) in [5.41, 5.74) is 6.06. The Hall–Kier alpha value is -1.56. The molecular formula is C28H38. The zero-order valence-corrected chi connectivity index (χ0v) is 18.5. The van der Waals surface area contributed by atoms with Crippen molar-refractivity contribution < 1.29 is 0 Å². The molecule has 3 fully saturated rings. The fraction of sp³-hybridized carbons (Fsp3) is 0.571. The van der Waals surface area contributed by atoms with E-state index < -0.39 is 0 Å². The minimum absolute atomic E-state index is 0.120. The van der Waals surface area contributed by atoms with Crippen LogP contribution in [0.15, 0.2) is 48.5 Å². The van der Waals surface area contributed by atoms with Crippen molar-refractivity contribution in [2.75, 3.05) is 0 Å². The molecule has 3 saturated carbocycles. The number of hydrogen-bond acceptors (Lipinski definition) is 0. The molecule has 0 aliphatic heterocycles. The Bertz CT molecular complexity index is 718. The van der Waals surface area contributed by atoms with Crippen LogP contribution in [0, 0.1) is 17.8 Å². The quantitative estimate of drug-likeness (QED) is 0.496. The predicted molar refractivity (Wildman–Crippen MR) is 121 cm³/mol. The monoisotopic (exact) mass is 374 g/mol. The zero-order chi connectivity index (χ0) is 19.9. The Morgan fingerprint density at radius 2 is 1.11 bits per heavy atom. The molecule has 2 bridgehead atoms. The summed E-state index contributed by atoms with van der Waals surface area (Å²) in [6.07, 6.45) is 7.24. The zero-order valence-electron chi connectivity index (χ0n) is 18.5. The van der Waals surface area contributed by atoms with Crippen LogP contribution in [0.1, 0.15) is 101 Å². The summed E-state index contributed by atoms with van der Waals surface area (Å²) < 4.78 is 0. The Morgan fingerprint density at radius 3 is 1.43 bits per heavy atom. The SMILES string of the molecule is CC(C)c1ccc(C(C)(c2ccc(C(C)C)cc2)C2CC3CCC2CC3)cc1. The smallest absolute Gasteiger partial charge is 0.0205 e. The van der Waals surface area contributed by atoms with Crippen LogP contribution in [0.25, 0.3) is 0 Å². The van der Waals surface area contributed by atoms with Gasteiger partial charge in [0.25, 0.3) is 0 Å². The standard InChI is InChI=1S/C28H38/c1-19(2)22-10-14-25(15-11-22)28(5,26-16-12-23(13-17-26)20(3)4)27-18-21-6-8-24(27)9-7-21/h10-17,19-21,24,27H,6-9,18H2,1-5H3. The lowest BCUT2D eigenvalue weighted by molar-refractivity contribution is 0.0586. The van der Waals surface area contributed by atoms with Crippen molar-refractivity contribution in [1.29, 1.82) is 0 Å². The molecule has 0 heterocycles. The number of fused-ring (bicyclic) bond motifs is 3. The highest BCUT2D eigenvalue weighted by Gasteiger charge is 2.47. The highest BCUT2D eigenvalue weighted by molar-refractivity contribution is 5.43. The van der Waals surface area contributed by atoms with E-state index in [1.54, 1.807) is 0 Å². The van der Waals surface area contributed by atoms with Crippen LogP contribution in [-0.4, -0.2) is 0 Å². The summed E-state index contributed by atoms with van der Waals surface area (Å²) in [5, 5.41) is 0. The Morgan fingerprint density at radius 1 is 0.679 bits per heavy atom. The van der Waals surface area contributed by atoms with Crippen LogP contribution in [0.4, 0.5) is 0 Å². The molecule has 2 aromatic rings. The topological polar surface area (TPSA) is 0 Å². The van der Waals surface area contributed by atoms with Gasteiger partial charge < -0.3 is 0 Å². The summed E-state index contributed by atoms with van der Waals surface area (Å²) in [6, 6.07) is 19.3. The molecule has 0 N–H and O–H groups in total. The second-order valence-corrected chi connectivity index (χ2v) is 10.4. The van der Waals surface area contributed by atoms with Gasteiger partial charge >= 0.3 is 0 Å². The van der Waals surface area contributed by atoms with E-state index in [1.807, 2.05) is 0 Å². The van der Waals surface area contributed by atoms with Gasteiger partial charge in [0.2, 0.25) is 0 Å². The molecule has 0 nitrogen and oxygen atoms in total. The number of benzene rings is 2. The van der Waals surface area contributed by atoms with Gasteiger partial charge in [-0.25, -0.2) is 0 Å². The first-order chi connectivity index (χ1) is 13.4. The fourth-order valence-corrected chi connectivity index (χ4v) is 6.11. The normalized spacial score (nSPS) is 24.9. The minimum atomic E-state index is 0.120. The second kappa shape index (κ2) is 7.69. The average molecular weight is 375 g/mol. The highest BCUT2D eigenvalue weighted by Crippen LogP contribution is 2.55.